The van der Waals surface area contributed by atoms with Crippen molar-refractivity contribution in [3.8, 4) is 0 Å². The summed E-state index contributed by atoms with van der Waals surface area (Å²) in [7, 11) is 0. The second kappa shape index (κ2) is 11.5. The minimum absolute atomic E-state index is 0.183. The summed E-state index contributed by atoms with van der Waals surface area (Å²) in [6, 6.07) is -1.56. The maximum absolute atomic E-state index is 12.6. The van der Waals surface area contributed by atoms with Gasteiger partial charge in [0.15, 0.2) is 0 Å². The van der Waals surface area contributed by atoms with Gasteiger partial charge in [0, 0.05) is 12.5 Å². The molecule has 2 unspecified atom stereocenters. The zero-order valence-corrected chi connectivity index (χ0v) is 20.3. The number of rotatable bonds is 9. The third-order valence-electron chi connectivity index (χ3n) is 4.10. The van der Waals surface area contributed by atoms with E-state index in [9.17, 15) is 14.4 Å². The second-order valence-corrected chi connectivity index (χ2v) is 10.7. The Labute approximate surface area is 182 Å². The van der Waals surface area contributed by atoms with Crippen LogP contribution in [0.4, 0.5) is 4.79 Å². The molecular weight excluding hydrogens is 386 g/mol. The van der Waals surface area contributed by atoms with Crippen molar-refractivity contribution in [1.29, 1.82) is 0 Å². The fourth-order valence-electron chi connectivity index (χ4n) is 2.68. The van der Waals surface area contributed by atoms with E-state index in [1.807, 2.05) is 41.5 Å². The predicted octanol–water partition coefficient (Wildman–Crippen LogP) is 3.27. The van der Waals surface area contributed by atoms with Crippen molar-refractivity contribution < 1.29 is 23.9 Å². The van der Waals surface area contributed by atoms with Gasteiger partial charge in [0.2, 0.25) is 0 Å². The molecule has 0 saturated carbocycles. The normalized spacial score (nSPS) is 14.5. The highest BCUT2D eigenvalue weighted by molar-refractivity contribution is 5.84. The first-order valence-corrected chi connectivity index (χ1v) is 10.7. The lowest BCUT2D eigenvalue weighted by Crippen LogP contribution is -2.53. The van der Waals surface area contributed by atoms with Crippen LogP contribution in [-0.4, -0.2) is 47.8 Å². The zero-order chi connectivity index (χ0) is 23.8. The number of urea groups is 1. The van der Waals surface area contributed by atoms with Crippen LogP contribution < -0.4 is 16.4 Å². The molecule has 8 heteroatoms. The first-order valence-electron chi connectivity index (χ1n) is 10.7. The number of nitrogens with one attached hydrogen (secondary N) is 2. The molecular formula is C22H43N3O5. The van der Waals surface area contributed by atoms with Crippen LogP contribution in [0.2, 0.25) is 0 Å². The number of amides is 2. The van der Waals surface area contributed by atoms with E-state index in [1.165, 1.54) is 0 Å². The minimum atomic E-state index is -0.792. The number of carbonyl (C=O) groups excluding carboxylic acids is 3. The van der Waals surface area contributed by atoms with E-state index in [2.05, 4.69) is 10.6 Å². The molecule has 0 radical (unpaired) electrons. The highest BCUT2D eigenvalue weighted by Gasteiger charge is 2.30. The van der Waals surface area contributed by atoms with Crippen LogP contribution in [0.25, 0.3) is 0 Å². The highest BCUT2D eigenvalue weighted by atomic mass is 16.6. The van der Waals surface area contributed by atoms with E-state index in [4.69, 9.17) is 15.2 Å². The summed E-state index contributed by atoms with van der Waals surface area (Å²) in [6.07, 6.45) is 1.57. The van der Waals surface area contributed by atoms with E-state index >= 15 is 0 Å². The number of esters is 2. The summed E-state index contributed by atoms with van der Waals surface area (Å²) in [5.41, 5.74) is 4.06. The van der Waals surface area contributed by atoms with Gasteiger partial charge in [-0.2, -0.15) is 0 Å². The Morgan fingerprint density at radius 1 is 0.833 bits per heavy atom. The summed E-state index contributed by atoms with van der Waals surface area (Å²) in [6.45, 7) is 17.1. The summed E-state index contributed by atoms with van der Waals surface area (Å²) in [5.74, 6) is -0.805. The molecule has 0 aromatic heterocycles. The van der Waals surface area contributed by atoms with Crippen molar-refractivity contribution in [1.82, 2.24) is 10.6 Å². The molecule has 0 aromatic rings. The van der Waals surface area contributed by atoms with Gasteiger partial charge >= 0.3 is 18.0 Å². The standard InChI is InChI=1S/C22H43N3O5/c1-20(2,3)16(12-13-17(26)29-21(4,5)6)25-19(28)24-15(11-10-14-23)18(27)30-22(7,8)9/h15-16H,10-14,23H2,1-9H3,(H2,24,25,28). The lowest BCUT2D eigenvalue weighted by molar-refractivity contribution is -0.157. The average molecular weight is 430 g/mol. The lowest BCUT2D eigenvalue weighted by atomic mass is 9.84. The molecule has 0 aliphatic carbocycles. The van der Waals surface area contributed by atoms with Gasteiger partial charge in [0.25, 0.3) is 0 Å². The molecule has 0 spiro atoms. The first kappa shape index (κ1) is 28.2. The molecule has 176 valence electrons. The van der Waals surface area contributed by atoms with E-state index in [0.29, 0.717) is 25.8 Å². The number of hydrogen-bond donors (Lipinski definition) is 3. The largest absolute Gasteiger partial charge is 0.460 e. The SMILES string of the molecule is CC(C)(C)OC(=O)CCC(NC(=O)NC(CCCN)C(=O)OC(C)(C)C)C(C)(C)C. The number of nitrogens with two attached hydrogens (primary N) is 1. The van der Waals surface area contributed by atoms with Crippen molar-refractivity contribution in [2.45, 2.75) is 111 Å². The van der Waals surface area contributed by atoms with Gasteiger partial charge in [-0.3, -0.25) is 4.79 Å². The van der Waals surface area contributed by atoms with E-state index < -0.39 is 29.2 Å². The van der Waals surface area contributed by atoms with Gasteiger partial charge in [0.05, 0.1) is 0 Å². The molecule has 0 aliphatic rings. The van der Waals surface area contributed by atoms with Crippen LogP contribution in [0, 0.1) is 5.41 Å². The third-order valence-corrected chi connectivity index (χ3v) is 4.10. The van der Waals surface area contributed by atoms with Crippen molar-refractivity contribution in [3.63, 3.8) is 0 Å². The topological polar surface area (TPSA) is 120 Å². The molecule has 0 bridgehead atoms. The fraction of sp³-hybridized carbons (Fsp3) is 0.864. The van der Waals surface area contributed by atoms with Crippen molar-refractivity contribution in [2.75, 3.05) is 6.54 Å². The average Bonchev–Trinajstić information content (AvgIpc) is 2.50. The van der Waals surface area contributed by atoms with Crippen molar-refractivity contribution >= 4 is 18.0 Å². The molecule has 0 rings (SSSR count). The van der Waals surface area contributed by atoms with Crippen LogP contribution >= 0.6 is 0 Å². The maximum Gasteiger partial charge on any atom is 0.329 e. The zero-order valence-electron chi connectivity index (χ0n) is 20.3. The molecule has 0 saturated heterocycles. The molecule has 2 atom stereocenters. The van der Waals surface area contributed by atoms with Gasteiger partial charge in [0.1, 0.15) is 17.2 Å². The Bertz CT molecular complexity index is 571. The molecule has 8 nitrogen and oxygen atoms in total. The summed E-state index contributed by atoms with van der Waals surface area (Å²) in [4.78, 5) is 37.2. The quantitative estimate of drug-likeness (QED) is 0.484. The van der Waals surface area contributed by atoms with Crippen LogP contribution in [0.15, 0.2) is 0 Å². The van der Waals surface area contributed by atoms with Gasteiger partial charge < -0.3 is 25.8 Å². The van der Waals surface area contributed by atoms with Crippen LogP contribution in [0.3, 0.4) is 0 Å². The number of carbonyl (C=O) groups is 3. The molecule has 0 heterocycles. The summed E-state index contributed by atoms with van der Waals surface area (Å²) < 4.78 is 10.8. The minimum Gasteiger partial charge on any atom is -0.460 e. The Hall–Kier alpha value is -1.83. The monoisotopic (exact) mass is 429 g/mol. The van der Waals surface area contributed by atoms with Gasteiger partial charge in [-0.15, -0.1) is 0 Å². The van der Waals surface area contributed by atoms with Gasteiger partial charge in [-0.1, -0.05) is 20.8 Å². The summed E-state index contributed by atoms with van der Waals surface area (Å²) >= 11 is 0. The summed E-state index contributed by atoms with van der Waals surface area (Å²) in [5, 5.41) is 5.61. The smallest absolute Gasteiger partial charge is 0.329 e. The fourth-order valence-corrected chi connectivity index (χ4v) is 2.68. The maximum atomic E-state index is 12.6. The van der Waals surface area contributed by atoms with Crippen LogP contribution in [0.1, 0.15) is 88.0 Å². The van der Waals surface area contributed by atoms with E-state index in [-0.39, 0.29) is 23.8 Å². The highest BCUT2D eigenvalue weighted by Crippen LogP contribution is 2.24. The van der Waals surface area contributed by atoms with Crippen LogP contribution in [-0.2, 0) is 19.1 Å². The second-order valence-electron chi connectivity index (χ2n) is 10.7. The Morgan fingerprint density at radius 3 is 1.80 bits per heavy atom. The predicted molar refractivity (Wildman–Crippen MR) is 118 cm³/mol. The van der Waals surface area contributed by atoms with E-state index in [0.717, 1.165) is 0 Å². The number of hydrogen-bond acceptors (Lipinski definition) is 6. The first-order chi connectivity index (χ1) is 13.4. The molecule has 0 aliphatic heterocycles. The van der Waals surface area contributed by atoms with Gasteiger partial charge in [-0.25, -0.2) is 9.59 Å². The van der Waals surface area contributed by atoms with Crippen molar-refractivity contribution in [2.24, 2.45) is 11.1 Å². The molecule has 0 aromatic carbocycles. The number of ether oxygens (including phenoxy) is 2. The Balaban J connectivity index is 5.05. The Kier molecular flexibility index (Phi) is 10.8. The van der Waals surface area contributed by atoms with Gasteiger partial charge in [-0.05, 0) is 72.8 Å². The van der Waals surface area contributed by atoms with Crippen LogP contribution in [0.5, 0.6) is 0 Å². The molecule has 2 amide bonds. The molecule has 0 fully saturated rings. The molecule has 4 N–H and O–H groups in total. The third kappa shape index (κ3) is 13.4. The lowest BCUT2D eigenvalue weighted by Gasteiger charge is -2.32. The van der Waals surface area contributed by atoms with E-state index in [1.54, 1.807) is 20.8 Å². The van der Waals surface area contributed by atoms with Crippen molar-refractivity contribution in [3.05, 3.63) is 0 Å². The Morgan fingerprint density at radius 2 is 1.37 bits per heavy atom. The molecule has 30 heavy (non-hydrogen) atoms.